The van der Waals surface area contributed by atoms with Crippen LogP contribution < -0.4 is 15.8 Å². The average molecular weight is 191 g/mol. The topological polar surface area (TPSA) is 62.1 Å². The van der Waals surface area contributed by atoms with E-state index in [1.807, 2.05) is 0 Å². The molecule has 1 aromatic rings. The number of benzene rings is 1. The Kier molecular flexibility index (Phi) is 1.67. The third-order valence-electron chi connectivity index (χ3n) is 2.17. The second-order valence-electron chi connectivity index (χ2n) is 3.75. The van der Waals surface area contributed by atoms with E-state index in [-0.39, 0.29) is 11.6 Å². The van der Waals surface area contributed by atoms with E-state index in [1.54, 1.807) is 32.0 Å². The molecule has 4 nitrogen and oxygen atoms in total. The van der Waals surface area contributed by atoms with Crippen molar-refractivity contribution in [2.45, 2.75) is 19.4 Å². The van der Waals surface area contributed by atoms with Gasteiger partial charge in [-0.25, -0.2) is 0 Å². The zero-order valence-corrected chi connectivity index (χ0v) is 8.05. The third-order valence-corrected chi connectivity index (χ3v) is 2.17. The van der Waals surface area contributed by atoms with Crippen molar-refractivity contribution in [1.29, 1.82) is 0 Å². The lowest BCUT2D eigenvalue weighted by Crippen LogP contribution is -2.45. The van der Waals surface area contributed by atoms with Crippen molar-refractivity contribution in [3.8, 4) is 5.75 Å². The molecule has 0 saturated carbocycles. The molecule has 0 spiro atoms. The first-order valence-electron chi connectivity index (χ1n) is 4.36. The Labute approximate surface area is 82.1 Å². The van der Waals surface area contributed by atoms with Crippen LogP contribution in [0.25, 0.3) is 0 Å². The van der Waals surface area contributed by atoms with E-state index in [0.717, 1.165) is 0 Å². The van der Waals surface area contributed by atoms with Crippen molar-refractivity contribution in [2.75, 3.05) is 5.32 Å². The summed E-state index contributed by atoms with van der Waals surface area (Å²) in [6.45, 7) is 3.36. The second kappa shape index (κ2) is 2.64. The quantitative estimate of drug-likeness (QED) is 0.678. The van der Waals surface area contributed by atoms with Crippen LogP contribution in [0, 0.1) is 0 Å². The molecule has 1 amide bonds. The highest BCUT2D eigenvalue weighted by atomic mass is 16.5. The van der Waals surface area contributed by atoms with Crippen molar-refractivity contribution in [3.63, 3.8) is 0 Å². The van der Waals surface area contributed by atoms with Crippen LogP contribution in [0.4, 0.5) is 11.4 Å². The van der Waals surface area contributed by atoms with E-state index in [9.17, 15) is 4.79 Å². The van der Waals surface area contributed by atoms with E-state index in [4.69, 9.17) is 10.5 Å². The van der Waals surface area contributed by atoms with E-state index >= 15 is 0 Å². The minimum Gasteiger partial charge on any atom is -0.474 e. The van der Waals surface area contributed by atoms with Gasteiger partial charge in [-0.15, -0.1) is 0 Å². The van der Waals surface area contributed by atoms with E-state index in [2.05, 4.69) is 5.32 Å². The predicted octanol–water partition coefficient (Wildman–Crippen LogP) is 1.71. The van der Waals surface area contributed by atoms with Crippen molar-refractivity contribution in [2.24, 2.45) is 0 Å². The Morgan fingerprint density at radius 3 is 2.86 bits per heavy atom. The van der Waals surface area contributed by atoms with Gasteiger partial charge in [-0.3, -0.25) is 10.5 Å². The van der Waals surface area contributed by atoms with E-state index in [0.29, 0.717) is 11.4 Å². The summed E-state index contributed by atoms with van der Waals surface area (Å²) in [6.07, 6.45) is 0. The summed E-state index contributed by atoms with van der Waals surface area (Å²) in [5, 5.41) is 2.71. The molecule has 0 saturated heterocycles. The van der Waals surface area contributed by atoms with Crippen LogP contribution in [0.15, 0.2) is 18.2 Å². The maximum Gasteiger partial charge on any atom is 0.268 e. The lowest BCUT2D eigenvalue weighted by atomic mass is 10.1. The highest BCUT2D eigenvalue weighted by Crippen LogP contribution is 2.38. The molecule has 4 heteroatoms. The molecule has 1 heterocycles. The monoisotopic (exact) mass is 191 g/mol. The predicted molar refractivity (Wildman–Crippen MR) is 52.5 cm³/mol. The maximum atomic E-state index is 11.5. The summed E-state index contributed by atoms with van der Waals surface area (Å²) in [5.74, 6) is 0.257. The highest BCUT2D eigenvalue weighted by Gasteiger charge is 2.36. The Hall–Kier alpha value is -1.71. The zero-order chi connectivity index (χ0) is 10.3. The van der Waals surface area contributed by atoms with Crippen LogP contribution in [0.1, 0.15) is 13.8 Å². The molecule has 0 atom stereocenters. The lowest BCUT2D eigenvalue weighted by molar-refractivity contribution is -0.129. The second-order valence-corrected chi connectivity index (χ2v) is 3.75. The zero-order valence-electron chi connectivity index (χ0n) is 8.05. The fourth-order valence-electron chi connectivity index (χ4n) is 1.32. The first-order chi connectivity index (χ1) is 6.50. The molecule has 1 aliphatic rings. The number of rotatable bonds is 0. The molecular weight excluding hydrogens is 180 g/mol. The fraction of sp³-hybridized carbons (Fsp3) is 0.300. The summed E-state index contributed by atoms with van der Waals surface area (Å²) in [5.41, 5.74) is 7.58. The third kappa shape index (κ3) is 1.19. The standard InChI is InChI=1S/C10H11N2O2/c1-10(2)9(13)12-7-5-3-4-6(11)8(7)14-10/h3-5,11H,1-2H3,(H,12,13). The Morgan fingerprint density at radius 1 is 1.43 bits per heavy atom. The summed E-state index contributed by atoms with van der Waals surface area (Å²) in [7, 11) is 0. The van der Waals surface area contributed by atoms with Gasteiger partial charge in [0.25, 0.3) is 5.91 Å². The first kappa shape index (κ1) is 8.87. The summed E-state index contributed by atoms with van der Waals surface area (Å²) < 4.78 is 5.46. The van der Waals surface area contributed by atoms with Crippen molar-refractivity contribution >= 4 is 17.3 Å². The van der Waals surface area contributed by atoms with Crippen LogP contribution in [0.5, 0.6) is 5.75 Å². The Morgan fingerprint density at radius 2 is 2.14 bits per heavy atom. The van der Waals surface area contributed by atoms with E-state index in [1.165, 1.54) is 0 Å². The Balaban J connectivity index is 2.51. The molecule has 0 aliphatic carbocycles. The molecule has 0 unspecified atom stereocenters. The number of carbonyl (C=O) groups is 1. The van der Waals surface area contributed by atoms with Gasteiger partial charge in [0.1, 0.15) is 0 Å². The molecule has 1 aromatic carbocycles. The number of anilines is 1. The van der Waals surface area contributed by atoms with Gasteiger partial charge in [0.15, 0.2) is 11.4 Å². The number of carbonyl (C=O) groups excluding carboxylic acids is 1. The van der Waals surface area contributed by atoms with Gasteiger partial charge in [-0.1, -0.05) is 6.07 Å². The number of hydrogen-bond acceptors (Lipinski definition) is 2. The van der Waals surface area contributed by atoms with Gasteiger partial charge in [-0.2, -0.15) is 0 Å². The SMILES string of the molecule is CC1(C)Oc2c([NH])cccc2NC1=O. The van der Waals surface area contributed by atoms with Crippen LogP contribution in [0.3, 0.4) is 0 Å². The number of amides is 1. The minimum atomic E-state index is -0.899. The molecule has 0 bridgehead atoms. The van der Waals surface area contributed by atoms with Crippen LogP contribution in [0.2, 0.25) is 0 Å². The average Bonchev–Trinajstić information content (AvgIpc) is 2.09. The van der Waals surface area contributed by atoms with Gasteiger partial charge in [0, 0.05) is 0 Å². The molecule has 0 fully saturated rings. The number of fused-ring (bicyclic) bond motifs is 1. The van der Waals surface area contributed by atoms with Crippen LogP contribution in [-0.4, -0.2) is 11.5 Å². The van der Waals surface area contributed by atoms with Gasteiger partial charge in [-0.05, 0) is 26.0 Å². The van der Waals surface area contributed by atoms with Crippen molar-refractivity contribution in [1.82, 2.24) is 5.73 Å². The summed E-state index contributed by atoms with van der Waals surface area (Å²) in [4.78, 5) is 11.5. The fourth-order valence-corrected chi connectivity index (χ4v) is 1.32. The van der Waals surface area contributed by atoms with E-state index < -0.39 is 5.60 Å². The molecule has 1 radical (unpaired) electrons. The number of hydrogen-bond donors (Lipinski definition) is 1. The molecule has 0 aromatic heterocycles. The van der Waals surface area contributed by atoms with Crippen molar-refractivity contribution < 1.29 is 9.53 Å². The van der Waals surface area contributed by atoms with Crippen molar-refractivity contribution in [3.05, 3.63) is 18.2 Å². The van der Waals surface area contributed by atoms with Gasteiger partial charge in [0.05, 0.1) is 11.4 Å². The van der Waals surface area contributed by atoms with Gasteiger partial charge >= 0.3 is 0 Å². The number of ether oxygens (including phenoxy) is 1. The number of nitrogens with one attached hydrogen (secondary N) is 2. The normalized spacial score (nSPS) is 18.0. The summed E-state index contributed by atoms with van der Waals surface area (Å²) >= 11 is 0. The molecule has 73 valence electrons. The summed E-state index contributed by atoms with van der Waals surface area (Å²) in [6, 6.07) is 5.07. The first-order valence-corrected chi connectivity index (χ1v) is 4.36. The van der Waals surface area contributed by atoms with Gasteiger partial charge < -0.3 is 10.1 Å². The maximum absolute atomic E-state index is 11.5. The van der Waals surface area contributed by atoms with Crippen LogP contribution in [-0.2, 0) is 4.79 Å². The molecular formula is C10H11N2O2. The molecule has 2 N–H and O–H groups in total. The minimum absolute atomic E-state index is 0.185. The largest absolute Gasteiger partial charge is 0.474 e. The lowest BCUT2D eigenvalue weighted by Gasteiger charge is -2.31. The van der Waals surface area contributed by atoms with Crippen LogP contribution >= 0.6 is 0 Å². The van der Waals surface area contributed by atoms with Gasteiger partial charge in [0.2, 0.25) is 0 Å². The molecule has 14 heavy (non-hydrogen) atoms. The molecule has 1 aliphatic heterocycles. The Bertz CT molecular complexity index is 399. The molecule has 2 rings (SSSR count). The highest BCUT2D eigenvalue weighted by molar-refractivity contribution is 6.01. The smallest absolute Gasteiger partial charge is 0.268 e. The number of para-hydroxylation sites is 1.